The second kappa shape index (κ2) is 4.32. The molecule has 1 aliphatic heterocycles. The molecule has 18 heavy (non-hydrogen) atoms. The van der Waals surface area contributed by atoms with E-state index < -0.39 is 21.0 Å². The van der Waals surface area contributed by atoms with Gasteiger partial charge in [0.1, 0.15) is 0 Å². The van der Waals surface area contributed by atoms with Gasteiger partial charge in [0.2, 0.25) is 0 Å². The number of hydrogen-bond donors (Lipinski definition) is 0. The van der Waals surface area contributed by atoms with Gasteiger partial charge in [0.05, 0.1) is 4.75 Å². The number of rotatable bonds is 3. The standard InChI is InChI=1S/C14H27F3S/c1-8-11-10(2)18(11,7)13(6,14(15,16)17)9-12(3,4)5/h10-11H,8-9H2,1-7H3. The van der Waals surface area contributed by atoms with Gasteiger partial charge in [-0.3, -0.25) is 0 Å². The lowest BCUT2D eigenvalue weighted by molar-refractivity contribution is -0.162. The molecule has 4 atom stereocenters. The predicted molar refractivity (Wildman–Crippen MR) is 75.6 cm³/mol. The van der Waals surface area contributed by atoms with Crippen molar-refractivity contribution in [3.8, 4) is 0 Å². The molecule has 1 heterocycles. The Labute approximate surface area is 111 Å². The third-order valence-electron chi connectivity index (χ3n) is 4.69. The Morgan fingerprint density at radius 1 is 1.06 bits per heavy atom. The average molecular weight is 284 g/mol. The maximum atomic E-state index is 13.7. The maximum absolute atomic E-state index is 13.7. The lowest BCUT2D eigenvalue weighted by Gasteiger charge is -2.46. The Morgan fingerprint density at radius 3 is 1.72 bits per heavy atom. The van der Waals surface area contributed by atoms with Crippen LogP contribution in [-0.4, -0.2) is 27.7 Å². The molecule has 0 aromatic heterocycles. The third kappa shape index (κ3) is 2.30. The van der Waals surface area contributed by atoms with Crippen molar-refractivity contribution >= 4 is 10.0 Å². The summed E-state index contributed by atoms with van der Waals surface area (Å²) in [5, 5.41) is 0.531. The molecule has 0 nitrogen and oxygen atoms in total. The molecular weight excluding hydrogens is 257 g/mol. The summed E-state index contributed by atoms with van der Waals surface area (Å²) in [5.41, 5.74) is -0.291. The molecule has 0 spiro atoms. The molecule has 1 fully saturated rings. The highest BCUT2D eigenvalue weighted by atomic mass is 32.3. The van der Waals surface area contributed by atoms with Crippen LogP contribution in [-0.2, 0) is 0 Å². The quantitative estimate of drug-likeness (QED) is 0.612. The second-order valence-corrected chi connectivity index (χ2v) is 11.5. The summed E-state index contributed by atoms with van der Waals surface area (Å²) in [4.78, 5) is 0. The summed E-state index contributed by atoms with van der Waals surface area (Å²) in [7, 11) is -1.60. The smallest absolute Gasteiger partial charge is 0.223 e. The van der Waals surface area contributed by atoms with Crippen LogP contribution in [0.15, 0.2) is 0 Å². The van der Waals surface area contributed by atoms with E-state index in [1.165, 1.54) is 6.92 Å². The molecular formula is C14H27F3S. The minimum absolute atomic E-state index is 0.232. The molecule has 0 aromatic carbocycles. The van der Waals surface area contributed by atoms with Crippen molar-refractivity contribution < 1.29 is 13.2 Å². The first kappa shape index (κ1) is 16.2. The van der Waals surface area contributed by atoms with Crippen LogP contribution >= 0.6 is 10.0 Å². The summed E-state index contributed by atoms with van der Waals surface area (Å²) < 4.78 is 39.5. The molecule has 0 saturated carbocycles. The molecule has 0 N–H and O–H groups in total. The van der Waals surface area contributed by atoms with Crippen LogP contribution in [0.4, 0.5) is 13.2 Å². The predicted octanol–water partition coefficient (Wildman–Crippen LogP) is 5.36. The van der Waals surface area contributed by atoms with Crippen LogP contribution in [0.2, 0.25) is 0 Å². The van der Waals surface area contributed by atoms with E-state index >= 15 is 0 Å². The Bertz CT molecular complexity index is 318. The van der Waals surface area contributed by atoms with Crippen LogP contribution in [0.5, 0.6) is 0 Å². The molecule has 0 amide bonds. The molecule has 1 saturated heterocycles. The van der Waals surface area contributed by atoms with Gasteiger partial charge < -0.3 is 0 Å². The molecule has 4 unspecified atom stereocenters. The van der Waals surface area contributed by atoms with E-state index in [1.54, 1.807) is 0 Å². The summed E-state index contributed by atoms with van der Waals surface area (Å²) >= 11 is 0. The summed E-state index contributed by atoms with van der Waals surface area (Å²) in [5.74, 6) is 0. The third-order valence-corrected chi connectivity index (χ3v) is 10.6. The van der Waals surface area contributed by atoms with E-state index in [2.05, 4.69) is 0 Å². The van der Waals surface area contributed by atoms with Crippen molar-refractivity contribution in [2.45, 2.75) is 75.8 Å². The molecule has 110 valence electrons. The fourth-order valence-electron chi connectivity index (χ4n) is 3.60. The molecule has 4 heteroatoms. The first-order valence-corrected chi connectivity index (χ1v) is 8.80. The number of alkyl halides is 3. The van der Waals surface area contributed by atoms with E-state index in [-0.39, 0.29) is 22.3 Å². The maximum Gasteiger partial charge on any atom is 0.401 e. The van der Waals surface area contributed by atoms with Crippen molar-refractivity contribution in [3.05, 3.63) is 0 Å². The lowest BCUT2D eigenvalue weighted by atomic mass is 9.84. The SMILES string of the molecule is CCC1C(C)S1(C)C(C)(CC(C)(C)C)C(F)(F)F. The lowest BCUT2D eigenvalue weighted by Crippen LogP contribution is -2.46. The Hall–Kier alpha value is 0.140. The van der Waals surface area contributed by atoms with Gasteiger partial charge in [-0.05, 0) is 41.9 Å². The van der Waals surface area contributed by atoms with Crippen LogP contribution < -0.4 is 0 Å². The van der Waals surface area contributed by atoms with Crippen molar-refractivity contribution in [2.75, 3.05) is 6.26 Å². The van der Waals surface area contributed by atoms with Crippen LogP contribution in [0.3, 0.4) is 0 Å². The second-order valence-electron chi connectivity index (χ2n) is 7.17. The highest BCUT2D eigenvalue weighted by molar-refractivity contribution is 8.41. The Morgan fingerprint density at radius 2 is 1.50 bits per heavy atom. The van der Waals surface area contributed by atoms with Gasteiger partial charge in [-0.2, -0.15) is 13.2 Å². The monoisotopic (exact) mass is 284 g/mol. The highest BCUT2D eigenvalue weighted by Crippen LogP contribution is 2.83. The van der Waals surface area contributed by atoms with Gasteiger partial charge >= 0.3 is 6.18 Å². The molecule has 0 radical (unpaired) electrons. The molecule has 0 bridgehead atoms. The van der Waals surface area contributed by atoms with Crippen molar-refractivity contribution in [1.82, 2.24) is 0 Å². The van der Waals surface area contributed by atoms with Gasteiger partial charge in [-0.15, -0.1) is 0 Å². The molecule has 0 aliphatic carbocycles. The Kier molecular flexibility index (Phi) is 3.89. The summed E-state index contributed by atoms with van der Waals surface area (Å²) in [6.45, 7) is 11.2. The van der Waals surface area contributed by atoms with Crippen LogP contribution in [0.1, 0.15) is 54.4 Å². The van der Waals surface area contributed by atoms with Gasteiger partial charge in [0.25, 0.3) is 0 Å². The molecule has 1 aliphatic rings. The fraction of sp³-hybridized carbons (Fsp3) is 1.00. The van der Waals surface area contributed by atoms with Gasteiger partial charge in [0.15, 0.2) is 0 Å². The van der Waals surface area contributed by atoms with Crippen molar-refractivity contribution in [3.63, 3.8) is 0 Å². The largest absolute Gasteiger partial charge is 0.401 e. The Balaban J connectivity index is 3.16. The molecule has 0 aromatic rings. The average Bonchev–Trinajstić information content (AvgIpc) is 2.65. The minimum Gasteiger partial charge on any atom is -0.223 e. The number of halogens is 3. The zero-order chi connectivity index (χ0) is 14.6. The van der Waals surface area contributed by atoms with Crippen LogP contribution in [0, 0.1) is 5.41 Å². The zero-order valence-electron chi connectivity index (χ0n) is 12.6. The first-order chi connectivity index (χ1) is 7.81. The van der Waals surface area contributed by atoms with E-state index in [9.17, 15) is 13.2 Å². The first-order valence-electron chi connectivity index (χ1n) is 6.63. The summed E-state index contributed by atoms with van der Waals surface area (Å²) in [6.07, 6.45) is -1.06. The fourth-order valence-corrected chi connectivity index (χ4v) is 9.04. The van der Waals surface area contributed by atoms with E-state index in [1.807, 2.05) is 40.9 Å². The normalized spacial score (nSPS) is 39.9. The molecule has 1 rings (SSSR count). The van der Waals surface area contributed by atoms with E-state index in [0.29, 0.717) is 0 Å². The van der Waals surface area contributed by atoms with Crippen molar-refractivity contribution in [2.24, 2.45) is 5.41 Å². The van der Waals surface area contributed by atoms with Gasteiger partial charge in [0, 0.05) is 0 Å². The zero-order valence-corrected chi connectivity index (χ0v) is 13.4. The summed E-state index contributed by atoms with van der Waals surface area (Å²) in [6, 6.07) is 0. The van der Waals surface area contributed by atoms with E-state index in [0.717, 1.165) is 6.42 Å². The van der Waals surface area contributed by atoms with Gasteiger partial charge in [-0.1, -0.05) is 34.6 Å². The number of hydrogen-bond acceptors (Lipinski definition) is 0. The highest BCUT2D eigenvalue weighted by Gasteiger charge is 2.71. The van der Waals surface area contributed by atoms with Crippen LogP contribution in [0.25, 0.3) is 0 Å². The van der Waals surface area contributed by atoms with Crippen molar-refractivity contribution in [1.29, 1.82) is 0 Å². The minimum atomic E-state index is -4.09. The van der Waals surface area contributed by atoms with E-state index in [4.69, 9.17) is 0 Å². The van der Waals surface area contributed by atoms with Gasteiger partial charge in [-0.25, -0.2) is 10.0 Å². The topological polar surface area (TPSA) is 0 Å².